The first kappa shape index (κ1) is 22.1. The molecule has 156 valence electrons. The molecule has 0 aromatic heterocycles. The molecule has 1 saturated heterocycles. The van der Waals surface area contributed by atoms with Crippen molar-refractivity contribution >= 4 is 39.2 Å². The van der Waals surface area contributed by atoms with Gasteiger partial charge < -0.3 is 9.84 Å². The number of esters is 1. The molecular weight excluding hydrogens is 437 g/mol. The maximum absolute atomic E-state index is 13.1. The highest BCUT2D eigenvalue weighted by atomic mass is 35.5. The van der Waals surface area contributed by atoms with Gasteiger partial charge in [-0.05, 0) is 54.8 Å². The number of aliphatic hydroxyl groups is 1. The molecule has 9 heteroatoms. The average Bonchev–Trinajstić information content (AvgIpc) is 3.07. The van der Waals surface area contributed by atoms with E-state index in [0.717, 1.165) is 15.4 Å². The monoisotopic (exact) mass is 457 g/mol. The first-order valence-corrected chi connectivity index (χ1v) is 11.2. The van der Waals surface area contributed by atoms with Crippen molar-refractivity contribution in [3.05, 3.63) is 63.1 Å². The summed E-state index contributed by atoms with van der Waals surface area (Å²) in [6, 6.07) is 8.50. The summed E-state index contributed by atoms with van der Waals surface area (Å²) in [5, 5.41) is 10.7. The van der Waals surface area contributed by atoms with Gasteiger partial charge in [0.25, 0.3) is 0 Å². The third-order valence-corrected chi connectivity index (χ3v) is 7.57. The summed E-state index contributed by atoms with van der Waals surface area (Å²) in [4.78, 5) is 12.7. The number of β-amino-alcohol motifs (C(OH)–C–C–N with tert-alkyl or cyclic N) is 1. The van der Waals surface area contributed by atoms with Gasteiger partial charge in [0.1, 0.15) is 12.6 Å². The van der Waals surface area contributed by atoms with Crippen LogP contribution in [-0.4, -0.2) is 42.5 Å². The zero-order chi connectivity index (χ0) is 21.3. The van der Waals surface area contributed by atoms with Crippen molar-refractivity contribution in [3.8, 4) is 0 Å². The number of carbonyl (C=O) groups is 1. The minimum Gasteiger partial charge on any atom is -0.460 e. The summed E-state index contributed by atoms with van der Waals surface area (Å²) in [6.07, 6.45) is -0.969. The molecule has 0 amide bonds. The lowest BCUT2D eigenvalue weighted by Gasteiger charge is -2.23. The number of hydrogen-bond acceptors (Lipinski definition) is 5. The van der Waals surface area contributed by atoms with Gasteiger partial charge in [0.2, 0.25) is 10.0 Å². The summed E-state index contributed by atoms with van der Waals surface area (Å²) >= 11 is 11.8. The minimum absolute atomic E-state index is 0.0235. The Hall–Kier alpha value is -1.64. The van der Waals surface area contributed by atoms with E-state index in [-0.39, 0.29) is 24.5 Å². The van der Waals surface area contributed by atoms with Crippen LogP contribution in [0.1, 0.15) is 23.1 Å². The second-order valence-electron chi connectivity index (χ2n) is 7.08. The summed E-state index contributed by atoms with van der Waals surface area (Å²) in [5.74, 6) is -0.722. The normalized spacial score (nSPS) is 20.0. The molecule has 2 aromatic rings. The molecule has 0 radical (unpaired) electrons. The van der Waals surface area contributed by atoms with Crippen LogP contribution in [0.5, 0.6) is 0 Å². The fourth-order valence-corrected chi connectivity index (χ4v) is 5.19. The van der Waals surface area contributed by atoms with Gasteiger partial charge in [0, 0.05) is 13.0 Å². The molecule has 0 bridgehead atoms. The van der Waals surface area contributed by atoms with E-state index in [9.17, 15) is 18.3 Å². The van der Waals surface area contributed by atoms with Crippen molar-refractivity contribution in [2.24, 2.45) is 0 Å². The summed E-state index contributed by atoms with van der Waals surface area (Å²) in [6.45, 7) is 3.45. The number of ether oxygens (including phenoxy) is 1. The topological polar surface area (TPSA) is 83.9 Å². The highest BCUT2D eigenvalue weighted by molar-refractivity contribution is 7.89. The van der Waals surface area contributed by atoms with Gasteiger partial charge in [0.05, 0.1) is 21.0 Å². The average molecular weight is 458 g/mol. The van der Waals surface area contributed by atoms with E-state index >= 15 is 0 Å². The van der Waals surface area contributed by atoms with Crippen molar-refractivity contribution in [1.29, 1.82) is 0 Å². The molecule has 3 rings (SSSR count). The molecule has 0 spiro atoms. The number of carbonyl (C=O) groups excluding carboxylic acids is 1. The predicted molar refractivity (Wildman–Crippen MR) is 110 cm³/mol. The SMILES string of the molecule is Cc1ccc(S(=O)(=O)N2C[C@@H](O)C[C@H]2C(=O)OCc2ccc(Cl)c(Cl)c2)cc1C. The fraction of sp³-hybridized carbons (Fsp3) is 0.350. The minimum atomic E-state index is -3.97. The number of rotatable bonds is 5. The van der Waals surface area contributed by atoms with Crippen LogP contribution in [0.4, 0.5) is 0 Å². The Morgan fingerprint density at radius 1 is 1.14 bits per heavy atom. The van der Waals surface area contributed by atoms with E-state index in [0.29, 0.717) is 15.6 Å². The van der Waals surface area contributed by atoms with E-state index in [1.807, 2.05) is 13.8 Å². The quantitative estimate of drug-likeness (QED) is 0.694. The van der Waals surface area contributed by atoms with Gasteiger partial charge in [-0.2, -0.15) is 4.31 Å². The summed E-state index contributed by atoms with van der Waals surface area (Å²) in [5.41, 5.74) is 2.41. The molecule has 6 nitrogen and oxygen atoms in total. The van der Waals surface area contributed by atoms with Gasteiger partial charge in [-0.1, -0.05) is 35.3 Å². The Morgan fingerprint density at radius 3 is 2.52 bits per heavy atom. The maximum atomic E-state index is 13.1. The Balaban J connectivity index is 1.79. The van der Waals surface area contributed by atoms with Crippen LogP contribution < -0.4 is 0 Å². The zero-order valence-corrected chi connectivity index (χ0v) is 18.3. The second-order valence-corrected chi connectivity index (χ2v) is 9.79. The lowest BCUT2D eigenvalue weighted by molar-refractivity contribution is -0.148. The molecule has 0 unspecified atom stereocenters. The Kier molecular flexibility index (Phi) is 6.55. The number of aryl methyl sites for hydroxylation is 2. The van der Waals surface area contributed by atoms with E-state index < -0.39 is 28.1 Å². The number of benzene rings is 2. The van der Waals surface area contributed by atoms with Crippen molar-refractivity contribution in [1.82, 2.24) is 4.31 Å². The third-order valence-electron chi connectivity index (χ3n) is 4.96. The molecule has 0 aliphatic carbocycles. The van der Waals surface area contributed by atoms with Crippen LogP contribution in [0.15, 0.2) is 41.3 Å². The third kappa shape index (κ3) is 4.75. The Labute approximate surface area is 180 Å². The van der Waals surface area contributed by atoms with Crippen molar-refractivity contribution < 1.29 is 23.1 Å². The largest absolute Gasteiger partial charge is 0.460 e. The molecule has 1 heterocycles. The summed E-state index contributed by atoms with van der Waals surface area (Å²) < 4.78 is 32.5. The van der Waals surface area contributed by atoms with Crippen molar-refractivity contribution in [2.45, 2.75) is 43.9 Å². The predicted octanol–water partition coefficient (Wildman–Crippen LogP) is 3.48. The van der Waals surface area contributed by atoms with Crippen LogP contribution in [0.3, 0.4) is 0 Å². The van der Waals surface area contributed by atoms with E-state index in [2.05, 4.69) is 0 Å². The first-order chi connectivity index (χ1) is 13.6. The molecule has 29 heavy (non-hydrogen) atoms. The van der Waals surface area contributed by atoms with Gasteiger partial charge in [-0.25, -0.2) is 8.42 Å². The lowest BCUT2D eigenvalue weighted by Crippen LogP contribution is -2.41. The second kappa shape index (κ2) is 8.62. The molecule has 1 aliphatic rings. The molecule has 1 aliphatic heterocycles. The maximum Gasteiger partial charge on any atom is 0.324 e. The lowest BCUT2D eigenvalue weighted by atomic mass is 10.1. The zero-order valence-electron chi connectivity index (χ0n) is 15.9. The van der Waals surface area contributed by atoms with Crippen LogP contribution >= 0.6 is 23.2 Å². The van der Waals surface area contributed by atoms with Crippen LogP contribution in [-0.2, 0) is 26.2 Å². The van der Waals surface area contributed by atoms with Gasteiger partial charge in [0.15, 0.2) is 0 Å². The fourth-order valence-electron chi connectivity index (χ4n) is 3.15. The molecule has 0 saturated carbocycles. The molecule has 2 aromatic carbocycles. The van der Waals surface area contributed by atoms with E-state index in [4.69, 9.17) is 27.9 Å². The van der Waals surface area contributed by atoms with Crippen molar-refractivity contribution in [2.75, 3.05) is 6.54 Å². The van der Waals surface area contributed by atoms with Gasteiger partial charge in [-0.3, -0.25) is 4.79 Å². The molecular formula is C20H21Cl2NO5S. The van der Waals surface area contributed by atoms with Crippen LogP contribution in [0, 0.1) is 13.8 Å². The molecule has 1 N–H and O–H groups in total. The first-order valence-electron chi connectivity index (χ1n) is 8.97. The number of sulfonamides is 1. The van der Waals surface area contributed by atoms with Crippen LogP contribution in [0.25, 0.3) is 0 Å². The van der Waals surface area contributed by atoms with Crippen LogP contribution in [0.2, 0.25) is 10.0 Å². The van der Waals surface area contributed by atoms with E-state index in [1.54, 1.807) is 30.3 Å². The van der Waals surface area contributed by atoms with Gasteiger partial charge >= 0.3 is 5.97 Å². The molecule has 2 atom stereocenters. The van der Waals surface area contributed by atoms with E-state index in [1.165, 1.54) is 6.07 Å². The standard InChI is InChI=1S/C20H21Cl2NO5S/c1-12-3-5-16(7-13(12)2)29(26,27)23-10-15(24)9-19(23)20(25)28-11-14-4-6-17(21)18(22)8-14/h3-8,15,19,24H,9-11H2,1-2H3/t15-,19-/m0/s1. The highest BCUT2D eigenvalue weighted by Crippen LogP contribution is 2.29. The molecule has 1 fully saturated rings. The highest BCUT2D eigenvalue weighted by Gasteiger charge is 2.44. The number of halogens is 2. The number of hydrogen-bond donors (Lipinski definition) is 1. The number of aliphatic hydroxyl groups excluding tert-OH is 1. The summed E-state index contributed by atoms with van der Waals surface area (Å²) in [7, 11) is -3.97. The van der Waals surface area contributed by atoms with Crippen molar-refractivity contribution in [3.63, 3.8) is 0 Å². The smallest absolute Gasteiger partial charge is 0.324 e. The van der Waals surface area contributed by atoms with Gasteiger partial charge in [-0.15, -0.1) is 0 Å². The Bertz CT molecular complexity index is 1040. The number of nitrogens with zero attached hydrogens (tertiary/aromatic N) is 1. The Morgan fingerprint density at radius 2 is 1.86 bits per heavy atom.